The summed E-state index contributed by atoms with van der Waals surface area (Å²) in [7, 11) is 0. The zero-order valence-electron chi connectivity index (χ0n) is 14.0. The van der Waals surface area contributed by atoms with Gasteiger partial charge in [0, 0.05) is 23.6 Å². The Morgan fingerprint density at radius 1 is 1.48 bits per heavy atom. The van der Waals surface area contributed by atoms with Crippen LogP contribution in [-0.4, -0.2) is 30.8 Å². The van der Waals surface area contributed by atoms with Gasteiger partial charge in [-0.2, -0.15) is 8.78 Å². The molecule has 1 aliphatic heterocycles. The first kappa shape index (κ1) is 18.4. The van der Waals surface area contributed by atoms with Crippen LogP contribution in [-0.2, 0) is 9.53 Å². The fourth-order valence-electron chi connectivity index (χ4n) is 4.04. The van der Waals surface area contributed by atoms with E-state index in [4.69, 9.17) is 22.1 Å². The number of carbonyl (C=O) groups excluding carboxylic acids is 1. The van der Waals surface area contributed by atoms with Crippen molar-refractivity contribution in [3.8, 4) is 5.75 Å². The molecule has 1 aliphatic carbocycles. The Hall–Kier alpha value is -1.44. The number of rotatable bonds is 4. The highest BCUT2D eigenvalue weighted by atomic mass is 35.5. The maximum Gasteiger partial charge on any atom is 0.387 e. The maximum atomic E-state index is 12.9. The average molecular weight is 375 g/mol. The Balaban J connectivity index is 1.77. The molecule has 0 radical (unpaired) electrons. The van der Waals surface area contributed by atoms with Crippen molar-refractivity contribution in [3.63, 3.8) is 0 Å². The number of anilines is 1. The first-order chi connectivity index (χ1) is 11.7. The standard InChI is InChI=1S/C17H21ClF2N2O3/c1-16(2)13-10(4-3-7-24-13)17(16,21)14(23)22-9-5-6-12(11(18)8-9)25-15(19)20/h5-6,8,10,13,15H,3-4,7,21H2,1-2H3,(H,22,23). The third-order valence-corrected chi connectivity index (χ3v) is 5.76. The molecule has 1 saturated heterocycles. The molecule has 3 unspecified atom stereocenters. The van der Waals surface area contributed by atoms with Crippen LogP contribution in [0.2, 0.25) is 5.02 Å². The Bertz CT molecular complexity index is 686. The fourth-order valence-corrected chi connectivity index (χ4v) is 4.27. The molecule has 0 bridgehead atoms. The number of hydrogen-bond donors (Lipinski definition) is 2. The van der Waals surface area contributed by atoms with Gasteiger partial charge in [-0.15, -0.1) is 0 Å². The number of fused-ring (bicyclic) bond motifs is 1. The molecule has 1 aromatic carbocycles. The van der Waals surface area contributed by atoms with E-state index in [1.807, 2.05) is 13.8 Å². The van der Waals surface area contributed by atoms with Crippen LogP contribution in [0.15, 0.2) is 18.2 Å². The summed E-state index contributed by atoms with van der Waals surface area (Å²) in [5, 5.41) is 2.73. The second kappa shape index (κ2) is 6.37. The minimum Gasteiger partial charge on any atom is -0.433 e. The van der Waals surface area contributed by atoms with Gasteiger partial charge in [0.15, 0.2) is 0 Å². The van der Waals surface area contributed by atoms with E-state index in [2.05, 4.69) is 10.1 Å². The minimum atomic E-state index is -2.97. The number of benzene rings is 1. The molecule has 25 heavy (non-hydrogen) atoms. The smallest absolute Gasteiger partial charge is 0.387 e. The van der Waals surface area contributed by atoms with Crippen LogP contribution < -0.4 is 15.8 Å². The quantitative estimate of drug-likeness (QED) is 0.847. The molecule has 8 heteroatoms. The van der Waals surface area contributed by atoms with Gasteiger partial charge in [0.25, 0.3) is 0 Å². The molecule has 2 fully saturated rings. The molecule has 2 aliphatic rings. The highest BCUT2D eigenvalue weighted by molar-refractivity contribution is 6.32. The lowest BCUT2D eigenvalue weighted by Gasteiger charge is -2.65. The molecule has 1 amide bonds. The van der Waals surface area contributed by atoms with Crippen LogP contribution in [0.4, 0.5) is 14.5 Å². The Morgan fingerprint density at radius 3 is 2.84 bits per heavy atom. The van der Waals surface area contributed by atoms with Crippen molar-refractivity contribution in [1.29, 1.82) is 0 Å². The molecular weight excluding hydrogens is 354 g/mol. The van der Waals surface area contributed by atoms with Crippen molar-refractivity contribution in [2.24, 2.45) is 17.1 Å². The molecule has 1 aromatic rings. The highest BCUT2D eigenvalue weighted by Gasteiger charge is 2.70. The van der Waals surface area contributed by atoms with E-state index in [0.29, 0.717) is 12.3 Å². The van der Waals surface area contributed by atoms with E-state index in [1.54, 1.807) is 0 Å². The molecule has 5 nitrogen and oxygen atoms in total. The molecule has 0 spiro atoms. The predicted octanol–water partition coefficient (Wildman–Crippen LogP) is 3.41. The van der Waals surface area contributed by atoms with E-state index in [0.717, 1.165) is 12.8 Å². The van der Waals surface area contributed by atoms with Crippen LogP contribution in [0, 0.1) is 11.3 Å². The zero-order valence-corrected chi connectivity index (χ0v) is 14.8. The monoisotopic (exact) mass is 374 g/mol. The van der Waals surface area contributed by atoms with Crippen molar-refractivity contribution in [2.45, 2.75) is 44.9 Å². The molecular formula is C17H21ClF2N2O3. The number of nitrogens with two attached hydrogens (primary N) is 1. The maximum absolute atomic E-state index is 12.9. The number of ether oxygens (including phenoxy) is 2. The minimum absolute atomic E-state index is 0.0177. The lowest BCUT2D eigenvalue weighted by atomic mass is 9.46. The third kappa shape index (κ3) is 2.88. The Labute approximate surface area is 149 Å². The van der Waals surface area contributed by atoms with Gasteiger partial charge in [-0.1, -0.05) is 25.4 Å². The second-order valence-corrected chi connectivity index (χ2v) is 7.52. The van der Waals surface area contributed by atoms with Crippen molar-refractivity contribution >= 4 is 23.2 Å². The van der Waals surface area contributed by atoms with Crippen molar-refractivity contribution in [3.05, 3.63) is 23.2 Å². The van der Waals surface area contributed by atoms with Crippen molar-refractivity contribution in [2.75, 3.05) is 11.9 Å². The Kier molecular flexibility index (Phi) is 4.68. The van der Waals surface area contributed by atoms with Gasteiger partial charge in [0.2, 0.25) is 5.91 Å². The van der Waals surface area contributed by atoms with Crippen LogP contribution in [0.25, 0.3) is 0 Å². The third-order valence-electron chi connectivity index (χ3n) is 5.47. The molecule has 1 saturated carbocycles. The number of carbonyl (C=O) groups is 1. The average Bonchev–Trinajstić information content (AvgIpc) is 2.56. The van der Waals surface area contributed by atoms with E-state index in [-0.39, 0.29) is 28.7 Å². The van der Waals surface area contributed by atoms with Gasteiger partial charge in [0.1, 0.15) is 11.3 Å². The normalized spacial score (nSPS) is 30.4. The summed E-state index contributed by atoms with van der Waals surface area (Å²) in [5.74, 6) is -0.530. The van der Waals surface area contributed by atoms with E-state index in [1.165, 1.54) is 18.2 Å². The molecule has 3 atom stereocenters. The molecule has 138 valence electrons. The lowest BCUT2D eigenvalue weighted by Crippen LogP contribution is -2.81. The van der Waals surface area contributed by atoms with Crippen LogP contribution in [0.5, 0.6) is 5.75 Å². The molecule has 0 aromatic heterocycles. The van der Waals surface area contributed by atoms with Crippen LogP contribution >= 0.6 is 11.6 Å². The van der Waals surface area contributed by atoms with Crippen LogP contribution in [0.3, 0.4) is 0 Å². The number of hydrogen-bond acceptors (Lipinski definition) is 4. The van der Waals surface area contributed by atoms with Crippen molar-refractivity contribution < 1.29 is 23.0 Å². The lowest BCUT2D eigenvalue weighted by molar-refractivity contribution is -0.222. The molecule has 1 heterocycles. The summed E-state index contributed by atoms with van der Waals surface area (Å²) < 4.78 is 34.7. The number of nitrogens with one attached hydrogen (secondary N) is 1. The molecule has 3 N–H and O–H groups in total. The topological polar surface area (TPSA) is 73.6 Å². The number of halogens is 3. The zero-order chi connectivity index (χ0) is 18.4. The van der Waals surface area contributed by atoms with Gasteiger partial charge in [-0.3, -0.25) is 4.79 Å². The number of alkyl halides is 2. The van der Waals surface area contributed by atoms with Gasteiger partial charge < -0.3 is 20.5 Å². The van der Waals surface area contributed by atoms with Gasteiger partial charge in [-0.05, 0) is 31.0 Å². The van der Waals surface area contributed by atoms with Gasteiger partial charge in [0.05, 0.1) is 11.1 Å². The fraction of sp³-hybridized carbons (Fsp3) is 0.588. The van der Waals surface area contributed by atoms with Gasteiger partial charge in [-0.25, -0.2) is 0 Å². The largest absolute Gasteiger partial charge is 0.433 e. The summed E-state index contributed by atoms with van der Waals surface area (Å²) in [4.78, 5) is 12.9. The predicted molar refractivity (Wildman–Crippen MR) is 89.9 cm³/mol. The highest BCUT2D eigenvalue weighted by Crippen LogP contribution is 2.57. The second-order valence-electron chi connectivity index (χ2n) is 7.11. The van der Waals surface area contributed by atoms with Crippen molar-refractivity contribution in [1.82, 2.24) is 0 Å². The SMILES string of the molecule is CC1(C)C2OCCCC2C1(N)C(=O)Nc1ccc(OC(F)F)c(Cl)c1. The van der Waals surface area contributed by atoms with E-state index in [9.17, 15) is 13.6 Å². The summed E-state index contributed by atoms with van der Waals surface area (Å²) >= 11 is 5.92. The first-order valence-electron chi connectivity index (χ1n) is 8.14. The first-order valence-corrected chi connectivity index (χ1v) is 8.52. The van der Waals surface area contributed by atoms with E-state index < -0.39 is 17.6 Å². The van der Waals surface area contributed by atoms with Crippen LogP contribution in [0.1, 0.15) is 26.7 Å². The summed E-state index contributed by atoms with van der Waals surface area (Å²) in [6.45, 7) is 1.56. The summed E-state index contributed by atoms with van der Waals surface area (Å²) in [6.07, 6.45) is 1.66. The molecule has 3 rings (SSSR count). The Morgan fingerprint density at radius 2 is 2.20 bits per heavy atom. The van der Waals surface area contributed by atoms with E-state index >= 15 is 0 Å². The summed E-state index contributed by atoms with van der Waals surface area (Å²) in [5.41, 5.74) is 5.31. The van der Waals surface area contributed by atoms with Gasteiger partial charge >= 0.3 is 6.61 Å². The summed E-state index contributed by atoms with van der Waals surface area (Å²) in [6, 6.07) is 4.10. The number of amides is 1.